The summed E-state index contributed by atoms with van der Waals surface area (Å²) in [5.74, 6) is 0.133. The topological polar surface area (TPSA) is 89.6 Å². The van der Waals surface area contributed by atoms with Crippen molar-refractivity contribution in [2.24, 2.45) is 15.9 Å². The minimum Gasteiger partial charge on any atom is -0.332 e. The Morgan fingerprint density at radius 2 is 2.14 bits per heavy atom. The Morgan fingerprint density at radius 1 is 1.31 bits per heavy atom. The molecule has 0 saturated heterocycles. The molecule has 2 aliphatic rings. The van der Waals surface area contributed by atoms with E-state index >= 15 is 0 Å². The Morgan fingerprint density at radius 3 is 2.90 bits per heavy atom. The largest absolute Gasteiger partial charge is 0.332 e. The van der Waals surface area contributed by atoms with Gasteiger partial charge in [-0.15, -0.1) is 0 Å². The Bertz CT molecular complexity index is 855. The summed E-state index contributed by atoms with van der Waals surface area (Å²) in [6.07, 6.45) is 15.9. The van der Waals surface area contributed by atoms with Crippen LogP contribution in [0.5, 0.6) is 0 Å². The van der Waals surface area contributed by atoms with Crippen LogP contribution >= 0.6 is 11.8 Å². The lowest BCUT2D eigenvalue weighted by molar-refractivity contribution is 0.245. The van der Waals surface area contributed by atoms with Crippen LogP contribution in [0.2, 0.25) is 0 Å². The number of urea groups is 1. The molecule has 2 N–H and O–H groups in total. The molecule has 7 heteroatoms. The van der Waals surface area contributed by atoms with Gasteiger partial charge in [0.15, 0.2) is 0 Å². The summed E-state index contributed by atoms with van der Waals surface area (Å²) in [7, 11) is 0. The number of hydrogen-bond donors (Lipinski definition) is 2. The van der Waals surface area contributed by atoms with Gasteiger partial charge in [0.2, 0.25) is 0 Å². The molecule has 2 unspecified atom stereocenters. The third-order valence-electron chi connectivity index (χ3n) is 3.98. The molecular weight excluding hydrogens is 382 g/mol. The van der Waals surface area contributed by atoms with Crippen molar-refractivity contribution in [3.8, 4) is 6.07 Å². The SMILES string of the molecule is CCN=C(CNC(=O)NC1=CC(C)C=C(CC#N)C=C1)SC1C=CC=CC(C)=N1. The molecule has 0 saturated carbocycles. The lowest BCUT2D eigenvalue weighted by Gasteiger charge is -2.13. The predicted molar refractivity (Wildman–Crippen MR) is 122 cm³/mol. The molecule has 0 aromatic rings. The zero-order chi connectivity index (χ0) is 21.1. The summed E-state index contributed by atoms with van der Waals surface area (Å²) in [4.78, 5) is 21.5. The van der Waals surface area contributed by atoms with E-state index in [0.29, 0.717) is 25.2 Å². The van der Waals surface area contributed by atoms with Gasteiger partial charge in [0.25, 0.3) is 0 Å². The van der Waals surface area contributed by atoms with E-state index in [2.05, 4.69) is 26.7 Å². The van der Waals surface area contributed by atoms with Crippen LogP contribution in [0.4, 0.5) is 4.79 Å². The van der Waals surface area contributed by atoms with E-state index in [4.69, 9.17) is 5.26 Å². The number of allylic oxidation sites excluding steroid dienone is 8. The molecule has 0 spiro atoms. The summed E-state index contributed by atoms with van der Waals surface area (Å²) in [5, 5.41) is 15.4. The lowest BCUT2D eigenvalue weighted by atomic mass is 10.1. The average Bonchev–Trinajstić information content (AvgIpc) is 2.97. The first-order valence-electron chi connectivity index (χ1n) is 9.61. The molecule has 0 aromatic heterocycles. The number of nitrogens with one attached hydrogen (secondary N) is 2. The van der Waals surface area contributed by atoms with Crippen LogP contribution in [0.25, 0.3) is 0 Å². The minimum atomic E-state index is -0.293. The molecule has 1 heterocycles. The number of carbonyl (C=O) groups is 1. The van der Waals surface area contributed by atoms with Crippen molar-refractivity contribution in [1.29, 1.82) is 5.26 Å². The fourth-order valence-corrected chi connectivity index (χ4v) is 3.78. The summed E-state index contributed by atoms with van der Waals surface area (Å²) < 4.78 is 0. The van der Waals surface area contributed by atoms with Crippen LogP contribution < -0.4 is 10.6 Å². The molecule has 2 atom stereocenters. The zero-order valence-electron chi connectivity index (χ0n) is 17.1. The summed E-state index contributed by atoms with van der Waals surface area (Å²) in [6, 6.07) is 1.86. The molecule has 1 aliphatic heterocycles. The van der Waals surface area contributed by atoms with Crippen LogP contribution in [0, 0.1) is 17.2 Å². The van der Waals surface area contributed by atoms with Crippen LogP contribution in [0.1, 0.15) is 27.2 Å². The molecule has 6 nitrogen and oxygen atoms in total. The maximum Gasteiger partial charge on any atom is 0.319 e. The van der Waals surface area contributed by atoms with Crippen molar-refractivity contribution in [2.75, 3.05) is 13.1 Å². The van der Waals surface area contributed by atoms with Gasteiger partial charge in [-0.3, -0.25) is 9.98 Å². The molecule has 2 rings (SSSR count). The molecule has 0 radical (unpaired) electrons. The summed E-state index contributed by atoms with van der Waals surface area (Å²) in [6.45, 7) is 6.92. The van der Waals surface area contributed by atoms with E-state index in [9.17, 15) is 4.79 Å². The second kappa shape index (κ2) is 11.9. The van der Waals surface area contributed by atoms with Gasteiger partial charge in [0, 0.05) is 18.0 Å². The van der Waals surface area contributed by atoms with Crippen molar-refractivity contribution in [3.63, 3.8) is 0 Å². The Hall–Kier alpha value is -2.85. The molecule has 1 aliphatic carbocycles. The quantitative estimate of drug-likeness (QED) is 0.507. The first-order valence-corrected chi connectivity index (χ1v) is 10.5. The predicted octanol–water partition coefficient (Wildman–Crippen LogP) is 4.28. The molecule has 0 aromatic carbocycles. The number of nitriles is 1. The van der Waals surface area contributed by atoms with Crippen molar-refractivity contribution in [3.05, 3.63) is 59.9 Å². The number of rotatable bonds is 6. The fraction of sp³-hybridized carbons (Fsp3) is 0.364. The molecular formula is C22H27N5OS. The standard InChI is InChI=1S/C22H27N5OS/c1-4-24-21(29-20-8-6-5-7-17(3)26-20)15-25-22(28)27-19-10-9-18(11-12-23)13-16(2)14-19/h5-10,13-14,16,20H,4,11,15H2,1-3H3,(H2,25,27,28). The van der Waals surface area contributed by atoms with Gasteiger partial charge in [-0.25, -0.2) is 4.79 Å². The number of nitrogens with zero attached hydrogens (tertiary/aromatic N) is 3. The van der Waals surface area contributed by atoms with Crippen LogP contribution in [-0.4, -0.2) is 35.2 Å². The van der Waals surface area contributed by atoms with Gasteiger partial charge < -0.3 is 10.6 Å². The van der Waals surface area contributed by atoms with Crippen LogP contribution in [0.15, 0.2) is 69.9 Å². The number of thioether (sulfide) groups is 1. The van der Waals surface area contributed by atoms with Crippen molar-refractivity contribution < 1.29 is 4.79 Å². The van der Waals surface area contributed by atoms with Gasteiger partial charge >= 0.3 is 6.03 Å². The van der Waals surface area contributed by atoms with E-state index in [1.54, 1.807) is 0 Å². The van der Waals surface area contributed by atoms with Crippen LogP contribution in [-0.2, 0) is 0 Å². The maximum atomic E-state index is 12.4. The molecule has 29 heavy (non-hydrogen) atoms. The van der Waals surface area contributed by atoms with Crippen LogP contribution in [0.3, 0.4) is 0 Å². The number of hydrogen-bond acceptors (Lipinski definition) is 5. The van der Waals surface area contributed by atoms with E-state index < -0.39 is 0 Å². The Balaban J connectivity index is 1.91. The highest BCUT2D eigenvalue weighted by Crippen LogP contribution is 2.19. The number of aliphatic imine (C=N–C) groups is 2. The van der Waals surface area contributed by atoms with E-state index in [0.717, 1.165) is 16.3 Å². The highest BCUT2D eigenvalue weighted by atomic mass is 32.2. The zero-order valence-corrected chi connectivity index (χ0v) is 17.9. The maximum absolute atomic E-state index is 12.4. The lowest BCUT2D eigenvalue weighted by Crippen LogP contribution is -2.37. The molecule has 0 fully saturated rings. The second-order valence-corrected chi connectivity index (χ2v) is 7.78. The third-order valence-corrected chi connectivity index (χ3v) is 5.03. The normalized spacial score (nSPS) is 21.3. The highest BCUT2D eigenvalue weighted by molar-refractivity contribution is 8.14. The van der Waals surface area contributed by atoms with Gasteiger partial charge in [-0.2, -0.15) is 5.26 Å². The number of carbonyl (C=O) groups excluding carboxylic acids is 1. The second-order valence-electron chi connectivity index (χ2n) is 6.59. The van der Waals surface area contributed by atoms with Crippen molar-refractivity contribution in [2.45, 2.75) is 32.6 Å². The third kappa shape index (κ3) is 8.36. The van der Waals surface area contributed by atoms with E-state index in [1.165, 1.54) is 11.8 Å². The first-order chi connectivity index (χ1) is 14.0. The van der Waals surface area contributed by atoms with E-state index in [-0.39, 0.29) is 17.3 Å². The van der Waals surface area contributed by atoms with Gasteiger partial charge in [-0.1, -0.05) is 49.1 Å². The highest BCUT2D eigenvalue weighted by Gasteiger charge is 2.12. The Kier molecular flexibility index (Phi) is 9.19. The van der Waals surface area contributed by atoms with Gasteiger partial charge in [-0.05, 0) is 43.6 Å². The fourth-order valence-electron chi connectivity index (χ4n) is 2.76. The van der Waals surface area contributed by atoms with Crippen molar-refractivity contribution >= 4 is 28.5 Å². The Labute approximate surface area is 177 Å². The average molecular weight is 410 g/mol. The minimum absolute atomic E-state index is 0.0573. The van der Waals surface area contributed by atoms with E-state index in [1.807, 2.05) is 69.4 Å². The van der Waals surface area contributed by atoms with Gasteiger partial charge in [0.05, 0.1) is 24.1 Å². The number of amides is 2. The molecule has 2 amide bonds. The first kappa shape index (κ1) is 22.4. The van der Waals surface area contributed by atoms with Crippen molar-refractivity contribution in [1.82, 2.24) is 10.6 Å². The monoisotopic (exact) mass is 409 g/mol. The van der Waals surface area contributed by atoms with Gasteiger partial charge in [0.1, 0.15) is 5.37 Å². The molecule has 152 valence electrons. The molecule has 0 bridgehead atoms. The summed E-state index contributed by atoms with van der Waals surface area (Å²) >= 11 is 1.53. The summed E-state index contributed by atoms with van der Waals surface area (Å²) in [5.41, 5.74) is 2.61. The smallest absolute Gasteiger partial charge is 0.319 e.